The minimum atomic E-state index is -1.04. The third kappa shape index (κ3) is 2.46. The zero-order valence-corrected chi connectivity index (χ0v) is 14.3. The lowest BCUT2D eigenvalue weighted by molar-refractivity contribution is 0.0691. The van der Waals surface area contributed by atoms with E-state index in [4.69, 9.17) is 11.6 Å². The predicted octanol–water partition coefficient (Wildman–Crippen LogP) is 5.23. The van der Waals surface area contributed by atoms with Crippen molar-refractivity contribution in [2.45, 2.75) is 13.5 Å². The Hall–Kier alpha value is -2.85. The van der Waals surface area contributed by atoms with Crippen LogP contribution >= 0.6 is 11.6 Å². The quantitative estimate of drug-likeness (QED) is 0.550. The summed E-state index contributed by atoms with van der Waals surface area (Å²) >= 11 is 6.00. The van der Waals surface area contributed by atoms with E-state index in [0.717, 1.165) is 33.9 Å². The number of aryl methyl sites for hydroxylation is 1. The number of aromatic nitrogens is 2. The highest BCUT2D eigenvalue weighted by molar-refractivity contribution is 6.30. The second-order valence-electron chi connectivity index (χ2n) is 5.83. The number of nitrogens with zero attached hydrogens (tertiary/aromatic N) is 2. The van der Waals surface area contributed by atoms with Crippen LogP contribution in [0.25, 0.3) is 33.1 Å². The fourth-order valence-corrected chi connectivity index (χ4v) is 3.45. The van der Waals surface area contributed by atoms with E-state index in [1.54, 1.807) is 18.2 Å². The minimum Gasteiger partial charge on any atom is -0.477 e. The molecule has 25 heavy (non-hydrogen) atoms. The van der Waals surface area contributed by atoms with Crippen molar-refractivity contribution in [1.29, 1.82) is 0 Å². The Labute approximate surface area is 149 Å². The zero-order chi connectivity index (χ0) is 17.6. The van der Waals surface area contributed by atoms with E-state index < -0.39 is 5.97 Å². The molecule has 5 heteroatoms. The van der Waals surface area contributed by atoms with Crippen molar-refractivity contribution in [2.75, 3.05) is 0 Å². The molecule has 124 valence electrons. The first-order chi connectivity index (χ1) is 12.1. The van der Waals surface area contributed by atoms with E-state index in [2.05, 4.69) is 16.5 Å². The molecule has 0 saturated heterocycles. The summed E-state index contributed by atoms with van der Waals surface area (Å²) in [6.07, 6.45) is 0. The maximum Gasteiger partial charge on any atom is 0.354 e. The number of benzene rings is 2. The van der Waals surface area contributed by atoms with Crippen LogP contribution in [0.5, 0.6) is 0 Å². The van der Waals surface area contributed by atoms with Crippen molar-refractivity contribution >= 4 is 39.4 Å². The molecule has 0 bridgehead atoms. The van der Waals surface area contributed by atoms with Gasteiger partial charge < -0.3 is 9.67 Å². The lowest BCUT2D eigenvalue weighted by Gasteiger charge is -2.09. The summed E-state index contributed by atoms with van der Waals surface area (Å²) in [7, 11) is 0. The lowest BCUT2D eigenvalue weighted by Crippen LogP contribution is -2.03. The maximum absolute atomic E-state index is 11.6. The molecule has 0 aliphatic rings. The number of para-hydroxylation sites is 1. The van der Waals surface area contributed by atoms with Crippen molar-refractivity contribution in [3.8, 4) is 11.3 Å². The molecule has 0 spiro atoms. The van der Waals surface area contributed by atoms with Crippen molar-refractivity contribution < 1.29 is 9.90 Å². The van der Waals surface area contributed by atoms with E-state index in [0.29, 0.717) is 10.7 Å². The average Bonchev–Trinajstić information content (AvgIpc) is 2.95. The highest BCUT2D eigenvalue weighted by atomic mass is 35.5. The van der Waals surface area contributed by atoms with Gasteiger partial charge in [0.15, 0.2) is 0 Å². The molecule has 0 atom stereocenters. The fraction of sp³-hybridized carbons (Fsp3) is 0.100. The summed E-state index contributed by atoms with van der Waals surface area (Å²) in [6, 6.07) is 17.0. The van der Waals surface area contributed by atoms with Crippen LogP contribution in [0.3, 0.4) is 0 Å². The van der Waals surface area contributed by atoms with E-state index in [1.807, 2.05) is 36.4 Å². The van der Waals surface area contributed by atoms with Gasteiger partial charge in [0.1, 0.15) is 5.69 Å². The molecule has 4 rings (SSSR count). The normalized spacial score (nSPS) is 11.3. The van der Waals surface area contributed by atoms with Crippen LogP contribution in [-0.2, 0) is 6.54 Å². The number of carboxylic acids is 1. The van der Waals surface area contributed by atoms with Gasteiger partial charge in [-0.2, -0.15) is 0 Å². The molecule has 4 aromatic rings. The van der Waals surface area contributed by atoms with Crippen molar-refractivity contribution in [3.05, 3.63) is 65.3 Å². The number of pyridine rings is 1. The zero-order valence-electron chi connectivity index (χ0n) is 13.5. The summed E-state index contributed by atoms with van der Waals surface area (Å²) < 4.78 is 2.17. The van der Waals surface area contributed by atoms with Crippen molar-refractivity contribution in [3.63, 3.8) is 0 Å². The smallest absolute Gasteiger partial charge is 0.354 e. The number of rotatable bonds is 3. The second-order valence-corrected chi connectivity index (χ2v) is 6.26. The topological polar surface area (TPSA) is 55.1 Å². The number of hydrogen-bond donors (Lipinski definition) is 1. The van der Waals surface area contributed by atoms with Gasteiger partial charge in [-0.25, -0.2) is 9.78 Å². The van der Waals surface area contributed by atoms with Gasteiger partial charge in [-0.05, 0) is 31.2 Å². The number of hydrogen-bond acceptors (Lipinski definition) is 2. The van der Waals surface area contributed by atoms with Gasteiger partial charge in [0, 0.05) is 33.4 Å². The lowest BCUT2D eigenvalue weighted by atomic mass is 10.1. The molecule has 0 unspecified atom stereocenters. The highest BCUT2D eigenvalue weighted by Gasteiger charge is 2.19. The van der Waals surface area contributed by atoms with E-state index in [1.165, 1.54) is 0 Å². The maximum atomic E-state index is 11.6. The standard InChI is InChI=1S/C20H15ClN2O2/c1-2-23-17-6-4-3-5-14(17)15-11-16(20(24)25)22-18(19(15)23)12-7-9-13(21)10-8-12/h3-11H,2H2,1H3,(H,24,25). The van der Waals surface area contributed by atoms with Gasteiger partial charge in [0.2, 0.25) is 0 Å². The SMILES string of the molecule is CCn1c2ccccc2c2cc(C(=O)O)nc(-c3ccc(Cl)cc3)c21. The van der Waals surface area contributed by atoms with Crippen LogP contribution in [0.15, 0.2) is 54.6 Å². The summed E-state index contributed by atoms with van der Waals surface area (Å²) in [5.41, 5.74) is 3.55. The third-order valence-electron chi connectivity index (χ3n) is 4.40. The Morgan fingerprint density at radius 2 is 1.84 bits per heavy atom. The summed E-state index contributed by atoms with van der Waals surface area (Å²) in [5, 5.41) is 12.1. The summed E-state index contributed by atoms with van der Waals surface area (Å²) in [4.78, 5) is 16.0. The molecule has 2 aromatic heterocycles. The van der Waals surface area contributed by atoms with Gasteiger partial charge in [-0.3, -0.25) is 0 Å². The van der Waals surface area contributed by atoms with Crippen LogP contribution in [0.2, 0.25) is 5.02 Å². The molecule has 2 aromatic carbocycles. The Morgan fingerprint density at radius 1 is 1.12 bits per heavy atom. The van der Waals surface area contributed by atoms with E-state index in [-0.39, 0.29) is 5.69 Å². The van der Waals surface area contributed by atoms with Gasteiger partial charge in [0.05, 0.1) is 11.2 Å². The molecule has 0 aliphatic heterocycles. The van der Waals surface area contributed by atoms with Crippen molar-refractivity contribution in [1.82, 2.24) is 9.55 Å². The van der Waals surface area contributed by atoms with Crippen LogP contribution in [0.1, 0.15) is 17.4 Å². The number of carbonyl (C=O) groups is 1. The number of fused-ring (bicyclic) bond motifs is 3. The minimum absolute atomic E-state index is 0.0384. The molecule has 0 radical (unpaired) electrons. The van der Waals surface area contributed by atoms with Gasteiger partial charge >= 0.3 is 5.97 Å². The largest absolute Gasteiger partial charge is 0.477 e. The molecule has 1 N–H and O–H groups in total. The highest BCUT2D eigenvalue weighted by Crippen LogP contribution is 2.35. The van der Waals surface area contributed by atoms with Gasteiger partial charge in [-0.1, -0.05) is 41.9 Å². The Morgan fingerprint density at radius 3 is 2.52 bits per heavy atom. The van der Waals surface area contributed by atoms with Crippen molar-refractivity contribution in [2.24, 2.45) is 0 Å². The Bertz CT molecular complexity index is 1110. The van der Waals surface area contributed by atoms with Crippen LogP contribution in [0.4, 0.5) is 0 Å². The number of carboxylic acid groups (broad SMARTS) is 1. The Balaban J connectivity index is 2.19. The van der Waals surface area contributed by atoms with E-state index in [9.17, 15) is 9.90 Å². The molecule has 2 heterocycles. The molecule has 0 amide bonds. The first-order valence-corrected chi connectivity index (χ1v) is 8.39. The van der Waals surface area contributed by atoms with Crippen LogP contribution in [0, 0.1) is 0 Å². The molecule has 0 fully saturated rings. The monoisotopic (exact) mass is 350 g/mol. The third-order valence-corrected chi connectivity index (χ3v) is 4.65. The van der Waals surface area contributed by atoms with Crippen LogP contribution in [-0.4, -0.2) is 20.6 Å². The van der Waals surface area contributed by atoms with Gasteiger partial charge in [-0.15, -0.1) is 0 Å². The first kappa shape index (κ1) is 15.7. The average molecular weight is 351 g/mol. The fourth-order valence-electron chi connectivity index (χ4n) is 3.32. The van der Waals surface area contributed by atoms with E-state index >= 15 is 0 Å². The summed E-state index contributed by atoms with van der Waals surface area (Å²) in [6.45, 7) is 2.83. The predicted molar refractivity (Wildman–Crippen MR) is 100 cm³/mol. The molecular weight excluding hydrogens is 336 g/mol. The number of halogens is 1. The molecule has 0 saturated carbocycles. The number of aromatic carboxylic acids is 1. The second kappa shape index (κ2) is 5.90. The van der Waals surface area contributed by atoms with Gasteiger partial charge in [0.25, 0.3) is 0 Å². The molecular formula is C20H15ClN2O2. The first-order valence-electron chi connectivity index (χ1n) is 8.01. The summed E-state index contributed by atoms with van der Waals surface area (Å²) in [5.74, 6) is -1.04. The molecule has 4 nitrogen and oxygen atoms in total. The Kier molecular flexibility index (Phi) is 3.70. The van der Waals surface area contributed by atoms with Crippen LogP contribution < -0.4 is 0 Å². The molecule has 0 aliphatic carbocycles.